The van der Waals surface area contributed by atoms with Crippen LogP contribution < -0.4 is 5.32 Å². The molecule has 2 nitrogen and oxygen atoms in total. The Morgan fingerprint density at radius 1 is 1.21 bits per heavy atom. The minimum atomic E-state index is -4.28. The van der Waals surface area contributed by atoms with E-state index >= 15 is 0 Å². The molecule has 0 heterocycles. The topological polar surface area (TPSA) is 21.3 Å². The largest absolute Gasteiger partial charge is 0.416 e. The average Bonchev–Trinajstić information content (AvgIpc) is 2.38. The van der Waals surface area contributed by atoms with Gasteiger partial charge in [0.05, 0.1) is 11.7 Å². The van der Waals surface area contributed by atoms with Gasteiger partial charge in [-0.1, -0.05) is 19.1 Å². The predicted octanol–water partition coefficient (Wildman–Crippen LogP) is 3.26. The van der Waals surface area contributed by atoms with E-state index < -0.39 is 11.7 Å². The molecule has 1 N–H and O–H groups in total. The molecule has 0 fully saturated rings. The van der Waals surface area contributed by atoms with Crippen molar-refractivity contribution in [2.24, 2.45) is 0 Å². The van der Waals surface area contributed by atoms with Crippen LogP contribution in [0, 0.1) is 0 Å². The molecule has 2 atom stereocenters. The Hall–Kier alpha value is -1.07. The van der Waals surface area contributed by atoms with Gasteiger partial charge in [0.1, 0.15) is 0 Å². The Bertz CT molecular complexity index is 371. The number of rotatable bonds is 6. The predicted molar refractivity (Wildman–Crippen MR) is 69.1 cm³/mol. The smallest absolute Gasteiger partial charge is 0.380 e. The number of benzene rings is 1. The molecule has 19 heavy (non-hydrogen) atoms. The maximum Gasteiger partial charge on any atom is 0.416 e. The van der Waals surface area contributed by atoms with Crippen LogP contribution in [0.5, 0.6) is 0 Å². The van der Waals surface area contributed by atoms with Gasteiger partial charge in [0.2, 0.25) is 0 Å². The summed E-state index contributed by atoms with van der Waals surface area (Å²) in [5.74, 6) is 0. The second-order valence-corrected chi connectivity index (χ2v) is 4.48. The Kier molecular flexibility index (Phi) is 5.82. The summed E-state index contributed by atoms with van der Waals surface area (Å²) < 4.78 is 42.7. The summed E-state index contributed by atoms with van der Waals surface area (Å²) in [6.07, 6.45) is -2.74. The van der Waals surface area contributed by atoms with Crippen LogP contribution in [0.3, 0.4) is 0 Å². The Balaban J connectivity index is 2.76. The standard InChI is InChI=1S/C14H20F3NO/c1-4-13(19-3)12(18-2)9-10-5-7-11(8-6-10)14(15,16)17/h5-8,12-13,18H,4,9H2,1-3H3. The lowest BCUT2D eigenvalue weighted by atomic mass is 9.99. The zero-order valence-corrected chi connectivity index (χ0v) is 11.4. The SMILES string of the molecule is CCC(OC)C(Cc1ccc(C(F)(F)F)cc1)NC. The molecular weight excluding hydrogens is 255 g/mol. The van der Waals surface area contributed by atoms with Crippen LogP contribution in [0.1, 0.15) is 24.5 Å². The average molecular weight is 275 g/mol. The van der Waals surface area contributed by atoms with Gasteiger partial charge in [0.25, 0.3) is 0 Å². The summed E-state index contributed by atoms with van der Waals surface area (Å²) in [6.45, 7) is 2.02. The van der Waals surface area contributed by atoms with E-state index in [4.69, 9.17) is 4.74 Å². The molecule has 5 heteroatoms. The third-order valence-electron chi connectivity index (χ3n) is 3.26. The van der Waals surface area contributed by atoms with Crippen LogP contribution in [-0.4, -0.2) is 26.3 Å². The summed E-state index contributed by atoms with van der Waals surface area (Å²) in [5.41, 5.74) is 0.249. The van der Waals surface area contributed by atoms with Crippen molar-refractivity contribution in [3.8, 4) is 0 Å². The van der Waals surface area contributed by atoms with Crippen LogP contribution in [0.25, 0.3) is 0 Å². The molecule has 1 rings (SSSR count). The first kappa shape index (κ1) is 16.0. The molecule has 0 saturated carbocycles. The van der Waals surface area contributed by atoms with Gasteiger partial charge >= 0.3 is 6.18 Å². The fourth-order valence-corrected chi connectivity index (χ4v) is 2.12. The van der Waals surface area contributed by atoms with Crippen LogP contribution in [-0.2, 0) is 17.3 Å². The number of hydrogen-bond donors (Lipinski definition) is 1. The first-order chi connectivity index (χ1) is 8.92. The Morgan fingerprint density at radius 3 is 2.16 bits per heavy atom. The lowest BCUT2D eigenvalue weighted by Crippen LogP contribution is -2.40. The molecule has 0 amide bonds. The van der Waals surface area contributed by atoms with Gasteiger partial charge in [-0.15, -0.1) is 0 Å². The molecule has 0 aliphatic rings. The zero-order chi connectivity index (χ0) is 14.5. The monoisotopic (exact) mass is 275 g/mol. The van der Waals surface area contributed by atoms with Crippen molar-refractivity contribution >= 4 is 0 Å². The van der Waals surface area contributed by atoms with Gasteiger partial charge < -0.3 is 10.1 Å². The van der Waals surface area contributed by atoms with E-state index in [0.717, 1.165) is 24.1 Å². The van der Waals surface area contributed by atoms with Gasteiger partial charge in [-0.25, -0.2) is 0 Å². The van der Waals surface area contributed by atoms with Crippen molar-refractivity contribution < 1.29 is 17.9 Å². The Labute approximate surface area is 112 Å². The fraction of sp³-hybridized carbons (Fsp3) is 0.571. The number of methoxy groups -OCH3 is 1. The molecule has 0 aliphatic carbocycles. The minimum absolute atomic E-state index is 0.0484. The Morgan fingerprint density at radius 2 is 1.79 bits per heavy atom. The first-order valence-corrected chi connectivity index (χ1v) is 6.28. The van der Waals surface area contributed by atoms with Crippen molar-refractivity contribution in [3.05, 3.63) is 35.4 Å². The molecule has 1 aromatic rings. The van der Waals surface area contributed by atoms with Crippen LogP contribution in [0.4, 0.5) is 13.2 Å². The van der Waals surface area contributed by atoms with E-state index in [1.807, 2.05) is 14.0 Å². The maximum absolute atomic E-state index is 12.5. The maximum atomic E-state index is 12.5. The molecule has 0 bridgehead atoms. The van der Waals surface area contributed by atoms with Crippen molar-refractivity contribution in [1.82, 2.24) is 5.32 Å². The molecule has 0 aliphatic heterocycles. The first-order valence-electron chi connectivity index (χ1n) is 6.28. The minimum Gasteiger partial charge on any atom is -0.380 e. The van der Waals surface area contributed by atoms with Gasteiger partial charge in [0.15, 0.2) is 0 Å². The van der Waals surface area contributed by atoms with Gasteiger partial charge in [-0.05, 0) is 37.6 Å². The number of alkyl halides is 3. The fourth-order valence-electron chi connectivity index (χ4n) is 2.12. The van der Waals surface area contributed by atoms with E-state index in [9.17, 15) is 13.2 Å². The molecule has 108 valence electrons. The highest BCUT2D eigenvalue weighted by Crippen LogP contribution is 2.29. The highest BCUT2D eigenvalue weighted by molar-refractivity contribution is 5.25. The number of likely N-dealkylation sites (N-methyl/N-ethyl adjacent to an activating group) is 1. The van der Waals surface area contributed by atoms with E-state index in [1.54, 1.807) is 7.11 Å². The number of ether oxygens (including phenoxy) is 1. The van der Waals surface area contributed by atoms with E-state index in [2.05, 4.69) is 5.32 Å². The lowest BCUT2D eigenvalue weighted by molar-refractivity contribution is -0.137. The van der Waals surface area contributed by atoms with Crippen LogP contribution in [0.2, 0.25) is 0 Å². The quantitative estimate of drug-likeness (QED) is 0.860. The summed E-state index contributed by atoms with van der Waals surface area (Å²) in [6, 6.07) is 5.38. The van der Waals surface area contributed by atoms with Gasteiger partial charge in [-0.2, -0.15) is 13.2 Å². The van der Waals surface area contributed by atoms with Crippen LogP contribution >= 0.6 is 0 Å². The molecular formula is C14H20F3NO. The summed E-state index contributed by atoms with van der Waals surface area (Å²) in [5, 5.41) is 3.15. The van der Waals surface area contributed by atoms with Crippen LogP contribution in [0.15, 0.2) is 24.3 Å². The van der Waals surface area contributed by atoms with Crippen molar-refractivity contribution in [3.63, 3.8) is 0 Å². The lowest BCUT2D eigenvalue weighted by Gasteiger charge is -2.24. The van der Waals surface area contributed by atoms with Crippen molar-refractivity contribution in [1.29, 1.82) is 0 Å². The van der Waals surface area contributed by atoms with Gasteiger partial charge in [0, 0.05) is 13.2 Å². The normalized spacial score (nSPS) is 15.3. The van der Waals surface area contributed by atoms with E-state index in [0.29, 0.717) is 6.42 Å². The third-order valence-corrected chi connectivity index (χ3v) is 3.26. The number of hydrogen-bond acceptors (Lipinski definition) is 2. The highest BCUT2D eigenvalue weighted by atomic mass is 19.4. The third kappa shape index (κ3) is 4.51. The summed E-state index contributed by atoms with van der Waals surface area (Å²) in [4.78, 5) is 0. The van der Waals surface area contributed by atoms with E-state index in [-0.39, 0.29) is 12.1 Å². The summed E-state index contributed by atoms with van der Waals surface area (Å²) in [7, 11) is 3.47. The second-order valence-electron chi connectivity index (χ2n) is 4.48. The van der Waals surface area contributed by atoms with E-state index in [1.165, 1.54) is 12.1 Å². The molecule has 1 aromatic carbocycles. The summed E-state index contributed by atoms with van der Waals surface area (Å²) >= 11 is 0. The molecule has 0 saturated heterocycles. The molecule has 0 aromatic heterocycles. The van der Waals surface area contributed by atoms with Gasteiger partial charge in [-0.3, -0.25) is 0 Å². The molecule has 2 unspecified atom stereocenters. The number of halogens is 3. The second kappa shape index (κ2) is 6.91. The number of nitrogens with one attached hydrogen (secondary N) is 1. The van der Waals surface area contributed by atoms with Crippen molar-refractivity contribution in [2.75, 3.05) is 14.2 Å². The molecule has 0 spiro atoms. The van der Waals surface area contributed by atoms with Crippen molar-refractivity contribution in [2.45, 2.75) is 38.1 Å². The zero-order valence-electron chi connectivity index (χ0n) is 11.4. The highest BCUT2D eigenvalue weighted by Gasteiger charge is 2.30. The molecule has 0 radical (unpaired) electrons.